The summed E-state index contributed by atoms with van der Waals surface area (Å²) < 4.78 is 42.9. The number of rotatable bonds is 2. The van der Waals surface area contributed by atoms with E-state index in [2.05, 4.69) is 4.74 Å². The second kappa shape index (κ2) is 4.14. The highest BCUT2D eigenvalue weighted by Crippen LogP contribution is 2.41. The molecule has 16 heavy (non-hydrogen) atoms. The lowest BCUT2D eigenvalue weighted by atomic mass is 9.94. The molecule has 0 aliphatic heterocycles. The Kier molecular flexibility index (Phi) is 3.24. The Morgan fingerprint density at radius 2 is 1.69 bits per heavy atom. The molecule has 5 heteroatoms. The van der Waals surface area contributed by atoms with E-state index >= 15 is 0 Å². The summed E-state index contributed by atoms with van der Waals surface area (Å²) in [6.45, 7) is 0.953. The molecule has 1 rings (SSSR count). The maximum absolute atomic E-state index is 12.8. The summed E-state index contributed by atoms with van der Waals surface area (Å²) in [4.78, 5) is 0. The van der Waals surface area contributed by atoms with Crippen molar-refractivity contribution >= 4 is 0 Å². The van der Waals surface area contributed by atoms with Crippen LogP contribution in [0.5, 0.6) is 0 Å². The summed E-state index contributed by atoms with van der Waals surface area (Å²) in [5.74, 6) is 0. The van der Waals surface area contributed by atoms with Gasteiger partial charge in [-0.25, -0.2) is 0 Å². The minimum absolute atomic E-state index is 0.0264. The second-order valence-electron chi connectivity index (χ2n) is 3.42. The van der Waals surface area contributed by atoms with Crippen LogP contribution in [-0.2, 0) is 10.3 Å². The molecule has 0 spiro atoms. The molecule has 0 fully saturated rings. The molecule has 0 heterocycles. The number of methoxy groups -OCH3 is 1. The van der Waals surface area contributed by atoms with Crippen molar-refractivity contribution in [3.63, 3.8) is 0 Å². The summed E-state index contributed by atoms with van der Waals surface area (Å²) in [5.41, 5.74) is -2.06. The normalized spacial score (nSPS) is 15.2. The van der Waals surface area contributed by atoms with E-state index < -0.39 is 11.8 Å². The highest BCUT2D eigenvalue weighted by Gasteiger charge is 2.52. The Balaban J connectivity index is 3.20. The number of nitriles is 1. The number of ether oxygens (including phenoxy) is 1. The predicted octanol–water partition coefficient (Wildman–Crippen LogP) is 2.98. The molecule has 0 unspecified atom stereocenters. The fourth-order valence-electron chi connectivity index (χ4n) is 1.26. The Hall–Kier alpha value is -1.54. The quantitative estimate of drug-likeness (QED) is 0.781. The largest absolute Gasteiger partial charge is 0.421 e. The predicted molar refractivity (Wildman–Crippen MR) is 51.6 cm³/mol. The molecular weight excluding hydrogens is 219 g/mol. The number of halogens is 3. The monoisotopic (exact) mass is 229 g/mol. The smallest absolute Gasteiger partial charge is 0.364 e. The fourth-order valence-corrected chi connectivity index (χ4v) is 1.26. The summed E-state index contributed by atoms with van der Waals surface area (Å²) in [6, 6.07) is 6.99. The second-order valence-corrected chi connectivity index (χ2v) is 3.42. The van der Waals surface area contributed by atoms with Gasteiger partial charge in [0.05, 0.1) is 11.6 Å². The van der Waals surface area contributed by atoms with Gasteiger partial charge in [-0.2, -0.15) is 18.4 Å². The number of alkyl halides is 3. The SMILES string of the molecule is CO[C@](C)(c1ccc(C#N)cc1)C(F)(F)F. The lowest BCUT2D eigenvalue weighted by Crippen LogP contribution is -2.41. The van der Waals surface area contributed by atoms with Crippen LogP contribution in [0.2, 0.25) is 0 Å². The zero-order valence-electron chi connectivity index (χ0n) is 8.80. The van der Waals surface area contributed by atoms with Crippen molar-refractivity contribution in [1.29, 1.82) is 5.26 Å². The van der Waals surface area contributed by atoms with Crippen LogP contribution < -0.4 is 0 Å². The average molecular weight is 229 g/mol. The van der Waals surface area contributed by atoms with Crippen LogP contribution in [0.4, 0.5) is 13.2 Å². The van der Waals surface area contributed by atoms with Gasteiger partial charge in [0.2, 0.25) is 0 Å². The van der Waals surface area contributed by atoms with Crippen LogP contribution in [0, 0.1) is 11.3 Å². The van der Waals surface area contributed by atoms with E-state index in [0.29, 0.717) is 5.56 Å². The Labute approximate surface area is 91.3 Å². The van der Waals surface area contributed by atoms with E-state index in [4.69, 9.17) is 5.26 Å². The van der Waals surface area contributed by atoms with Crippen LogP contribution in [0.1, 0.15) is 18.1 Å². The van der Waals surface area contributed by atoms with Crippen LogP contribution in [0.15, 0.2) is 24.3 Å². The van der Waals surface area contributed by atoms with Crippen molar-refractivity contribution < 1.29 is 17.9 Å². The standard InChI is InChI=1S/C11H10F3NO/c1-10(16-2,11(12,13)14)9-5-3-8(7-15)4-6-9/h3-6H,1-2H3/t10-/m1/s1. The third kappa shape index (κ3) is 2.02. The highest BCUT2D eigenvalue weighted by molar-refractivity contribution is 5.34. The first kappa shape index (κ1) is 12.5. The summed E-state index contributed by atoms with van der Waals surface area (Å²) >= 11 is 0. The Morgan fingerprint density at radius 3 is 2.00 bits per heavy atom. The molecule has 86 valence electrons. The molecule has 1 aromatic carbocycles. The molecule has 0 aromatic heterocycles. The van der Waals surface area contributed by atoms with E-state index in [1.165, 1.54) is 24.3 Å². The molecule has 1 aromatic rings. The third-order valence-electron chi connectivity index (χ3n) is 2.51. The van der Waals surface area contributed by atoms with Gasteiger partial charge < -0.3 is 4.74 Å². The molecule has 0 amide bonds. The highest BCUT2D eigenvalue weighted by atomic mass is 19.4. The molecule has 0 saturated carbocycles. The number of hydrogen-bond donors (Lipinski definition) is 0. The maximum atomic E-state index is 12.8. The van der Waals surface area contributed by atoms with Crippen molar-refractivity contribution in [2.45, 2.75) is 18.7 Å². The summed E-state index contributed by atoms with van der Waals surface area (Å²) in [6.07, 6.45) is -4.50. The van der Waals surface area contributed by atoms with Gasteiger partial charge in [0.25, 0.3) is 0 Å². The van der Waals surface area contributed by atoms with Gasteiger partial charge in [-0.15, -0.1) is 0 Å². The molecule has 0 radical (unpaired) electrons. The molecule has 2 nitrogen and oxygen atoms in total. The molecule has 1 atom stereocenters. The fraction of sp³-hybridized carbons (Fsp3) is 0.364. The molecule has 0 aliphatic carbocycles. The number of hydrogen-bond acceptors (Lipinski definition) is 2. The van der Waals surface area contributed by atoms with Crippen molar-refractivity contribution in [3.8, 4) is 6.07 Å². The lowest BCUT2D eigenvalue weighted by molar-refractivity contribution is -0.269. The van der Waals surface area contributed by atoms with E-state index in [0.717, 1.165) is 14.0 Å². The average Bonchev–Trinajstić information content (AvgIpc) is 2.26. The minimum atomic E-state index is -4.50. The van der Waals surface area contributed by atoms with Crippen LogP contribution >= 0.6 is 0 Å². The Morgan fingerprint density at radius 1 is 1.19 bits per heavy atom. The first-order chi connectivity index (χ1) is 7.35. The van der Waals surface area contributed by atoms with Gasteiger partial charge in [0, 0.05) is 7.11 Å². The zero-order valence-corrected chi connectivity index (χ0v) is 8.80. The van der Waals surface area contributed by atoms with Crippen LogP contribution in [0.3, 0.4) is 0 Å². The number of benzene rings is 1. The topological polar surface area (TPSA) is 33.0 Å². The number of nitrogens with zero attached hydrogens (tertiary/aromatic N) is 1. The van der Waals surface area contributed by atoms with Gasteiger partial charge in [-0.1, -0.05) is 12.1 Å². The molecule has 0 N–H and O–H groups in total. The first-order valence-electron chi connectivity index (χ1n) is 4.47. The minimum Gasteiger partial charge on any atom is -0.364 e. The summed E-state index contributed by atoms with van der Waals surface area (Å²) in [7, 11) is 1.01. The van der Waals surface area contributed by atoms with Crippen molar-refractivity contribution in [1.82, 2.24) is 0 Å². The maximum Gasteiger partial charge on any atom is 0.421 e. The van der Waals surface area contributed by atoms with Gasteiger partial charge in [0.15, 0.2) is 5.60 Å². The summed E-state index contributed by atoms with van der Waals surface area (Å²) in [5, 5.41) is 8.54. The van der Waals surface area contributed by atoms with Gasteiger partial charge in [0.1, 0.15) is 0 Å². The Bertz CT molecular complexity index is 405. The lowest BCUT2D eigenvalue weighted by Gasteiger charge is -2.30. The molecule has 0 saturated heterocycles. The zero-order chi connectivity index (χ0) is 12.4. The van der Waals surface area contributed by atoms with Gasteiger partial charge in [-0.05, 0) is 24.6 Å². The third-order valence-corrected chi connectivity index (χ3v) is 2.51. The van der Waals surface area contributed by atoms with Gasteiger partial charge in [-0.3, -0.25) is 0 Å². The first-order valence-corrected chi connectivity index (χ1v) is 4.47. The molecular formula is C11H10F3NO. The van der Waals surface area contributed by atoms with Crippen molar-refractivity contribution in [3.05, 3.63) is 35.4 Å². The molecule has 0 aliphatic rings. The van der Waals surface area contributed by atoms with E-state index in [9.17, 15) is 13.2 Å². The molecule has 0 bridgehead atoms. The van der Waals surface area contributed by atoms with Crippen molar-refractivity contribution in [2.75, 3.05) is 7.11 Å². The van der Waals surface area contributed by atoms with Gasteiger partial charge >= 0.3 is 6.18 Å². The van der Waals surface area contributed by atoms with E-state index in [-0.39, 0.29) is 5.56 Å². The van der Waals surface area contributed by atoms with Crippen molar-refractivity contribution in [2.24, 2.45) is 0 Å². The van der Waals surface area contributed by atoms with Crippen LogP contribution in [0.25, 0.3) is 0 Å². The van der Waals surface area contributed by atoms with E-state index in [1.54, 1.807) is 0 Å². The van der Waals surface area contributed by atoms with E-state index in [1.807, 2.05) is 6.07 Å². The van der Waals surface area contributed by atoms with Crippen LogP contribution in [-0.4, -0.2) is 13.3 Å².